The lowest BCUT2D eigenvalue weighted by Gasteiger charge is -2.20. The van der Waals surface area contributed by atoms with Crippen LogP contribution in [-0.2, 0) is 5.41 Å². The minimum atomic E-state index is 0.0175. The number of pyridine rings is 1. The van der Waals surface area contributed by atoms with E-state index in [2.05, 4.69) is 25.8 Å². The van der Waals surface area contributed by atoms with Gasteiger partial charge in [-0.3, -0.25) is 0 Å². The van der Waals surface area contributed by atoms with E-state index >= 15 is 0 Å². The predicted molar refractivity (Wildman–Crippen MR) is 53.0 cm³/mol. The van der Waals surface area contributed by atoms with E-state index in [4.69, 9.17) is 23.2 Å². The normalized spacial score (nSPS) is 11.8. The van der Waals surface area contributed by atoms with Gasteiger partial charge in [0.25, 0.3) is 0 Å². The van der Waals surface area contributed by atoms with Crippen LogP contribution in [-0.4, -0.2) is 4.98 Å². The Bertz CT molecular complexity index is 289. The Hall–Kier alpha value is -0.270. The summed E-state index contributed by atoms with van der Waals surface area (Å²) < 4.78 is 0. The summed E-state index contributed by atoms with van der Waals surface area (Å²) in [5.41, 5.74) is 1.05. The van der Waals surface area contributed by atoms with Crippen molar-refractivity contribution in [3.05, 3.63) is 28.0 Å². The zero-order chi connectivity index (χ0) is 9.35. The molecule has 0 aliphatic carbocycles. The number of rotatable bonds is 0. The van der Waals surface area contributed by atoms with Gasteiger partial charge in [-0.15, -0.1) is 0 Å². The molecule has 0 aromatic carbocycles. The highest BCUT2D eigenvalue weighted by atomic mass is 35.5. The molecule has 1 rings (SSSR count). The van der Waals surface area contributed by atoms with Crippen LogP contribution >= 0.6 is 23.2 Å². The predicted octanol–water partition coefficient (Wildman–Crippen LogP) is 3.69. The third kappa shape index (κ3) is 1.90. The quantitative estimate of drug-likeness (QED) is 0.587. The van der Waals surface area contributed by atoms with Crippen molar-refractivity contribution < 1.29 is 0 Å². The molecule has 0 saturated heterocycles. The van der Waals surface area contributed by atoms with Crippen molar-refractivity contribution >= 4 is 23.2 Å². The summed E-state index contributed by atoms with van der Waals surface area (Å²) in [6.45, 7) is 6.26. The molecule has 0 fully saturated rings. The van der Waals surface area contributed by atoms with Crippen LogP contribution in [0.1, 0.15) is 26.3 Å². The van der Waals surface area contributed by atoms with Crippen LogP contribution in [0.4, 0.5) is 0 Å². The molecule has 0 aliphatic heterocycles. The zero-order valence-corrected chi connectivity index (χ0v) is 8.87. The highest BCUT2D eigenvalue weighted by Gasteiger charge is 2.18. The topological polar surface area (TPSA) is 12.9 Å². The minimum Gasteiger partial charge on any atom is -0.243 e. The molecule has 1 aromatic heterocycles. The molecule has 0 aliphatic rings. The molecule has 0 N–H and O–H groups in total. The van der Waals surface area contributed by atoms with Gasteiger partial charge in [0, 0.05) is 6.20 Å². The Labute approximate surface area is 82.7 Å². The molecule has 0 bridgehead atoms. The summed E-state index contributed by atoms with van der Waals surface area (Å²) in [5.74, 6) is 0. The summed E-state index contributed by atoms with van der Waals surface area (Å²) in [4.78, 5) is 3.89. The molecular formula is C9H11Cl2N. The Morgan fingerprint density at radius 2 is 1.83 bits per heavy atom. The second-order valence-corrected chi connectivity index (χ2v) is 4.45. The minimum absolute atomic E-state index is 0.0175. The number of halogens is 2. The fourth-order valence-electron chi connectivity index (χ4n) is 0.997. The maximum Gasteiger partial charge on any atom is 0.147 e. The van der Waals surface area contributed by atoms with E-state index in [-0.39, 0.29) is 5.41 Å². The molecule has 0 spiro atoms. The summed E-state index contributed by atoms with van der Waals surface area (Å²) in [7, 11) is 0. The SMILES string of the molecule is CC(C)(C)c1ccnc(Cl)c1Cl. The van der Waals surface area contributed by atoms with Crippen LogP contribution in [0.3, 0.4) is 0 Å². The molecule has 0 unspecified atom stereocenters. The van der Waals surface area contributed by atoms with Crippen LogP contribution in [0.5, 0.6) is 0 Å². The Morgan fingerprint density at radius 3 is 2.25 bits per heavy atom. The maximum atomic E-state index is 5.98. The molecule has 1 heterocycles. The first kappa shape index (κ1) is 9.82. The van der Waals surface area contributed by atoms with Gasteiger partial charge in [0.1, 0.15) is 5.15 Å². The van der Waals surface area contributed by atoms with Gasteiger partial charge in [-0.25, -0.2) is 4.98 Å². The molecule has 0 saturated carbocycles. The van der Waals surface area contributed by atoms with Crippen LogP contribution in [0.2, 0.25) is 10.2 Å². The second-order valence-electron chi connectivity index (χ2n) is 3.71. The molecule has 1 aromatic rings. The molecule has 3 heteroatoms. The summed E-state index contributed by atoms with van der Waals surface area (Å²) in [5, 5.41) is 0.941. The number of aromatic nitrogens is 1. The van der Waals surface area contributed by atoms with Crippen molar-refractivity contribution in [3.8, 4) is 0 Å². The van der Waals surface area contributed by atoms with E-state index in [0.29, 0.717) is 10.2 Å². The molecular weight excluding hydrogens is 193 g/mol. The summed E-state index contributed by atoms with van der Waals surface area (Å²) in [6, 6.07) is 1.90. The Balaban J connectivity index is 3.26. The Kier molecular flexibility index (Phi) is 2.64. The van der Waals surface area contributed by atoms with Gasteiger partial charge in [-0.05, 0) is 17.0 Å². The van der Waals surface area contributed by atoms with E-state index in [9.17, 15) is 0 Å². The molecule has 1 nitrogen and oxygen atoms in total. The molecule has 0 amide bonds. The number of hydrogen-bond acceptors (Lipinski definition) is 1. The van der Waals surface area contributed by atoms with Gasteiger partial charge in [0.2, 0.25) is 0 Å². The van der Waals surface area contributed by atoms with Crippen molar-refractivity contribution in [2.75, 3.05) is 0 Å². The second kappa shape index (κ2) is 3.23. The summed E-state index contributed by atoms with van der Waals surface area (Å²) in [6.07, 6.45) is 1.68. The van der Waals surface area contributed by atoms with Gasteiger partial charge in [-0.1, -0.05) is 44.0 Å². The van der Waals surface area contributed by atoms with Crippen LogP contribution in [0, 0.1) is 0 Å². The molecule has 0 atom stereocenters. The van der Waals surface area contributed by atoms with Crippen molar-refractivity contribution in [1.29, 1.82) is 0 Å². The number of hydrogen-bond donors (Lipinski definition) is 0. The first-order valence-corrected chi connectivity index (χ1v) is 4.49. The largest absolute Gasteiger partial charge is 0.243 e. The lowest BCUT2D eigenvalue weighted by molar-refractivity contribution is 0.589. The number of nitrogens with zero attached hydrogens (tertiary/aromatic N) is 1. The van der Waals surface area contributed by atoms with E-state index in [1.54, 1.807) is 6.20 Å². The highest BCUT2D eigenvalue weighted by molar-refractivity contribution is 6.41. The van der Waals surface area contributed by atoms with E-state index < -0.39 is 0 Å². The van der Waals surface area contributed by atoms with Crippen molar-refractivity contribution in [2.24, 2.45) is 0 Å². The van der Waals surface area contributed by atoms with Crippen molar-refractivity contribution in [1.82, 2.24) is 4.98 Å². The average molecular weight is 204 g/mol. The van der Waals surface area contributed by atoms with Crippen LogP contribution < -0.4 is 0 Å². The fraction of sp³-hybridized carbons (Fsp3) is 0.444. The highest BCUT2D eigenvalue weighted by Crippen LogP contribution is 2.32. The van der Waals surface area contributed by atoms with Gasteiger partial charge < -0.3 is 0 Å². The van der Waals surface area contributed by atoms with E-state index in [0.717, 1.165) is 5.56 Å². The lowest BCUT2D eigenvalue weighted by atomic mass is 9.88. The average Bonchev–Trinajstić information content (AvgIpc) is 1.92. The molecule has 0 radical (unpaired) electrons. The fourth-order valence-corrected chi connectivity index (χ4v) is 1.55. The standard InChI is InChI=1S/C9H11Cl2N/c1-9(2,3)6-4-5-12-8(11)7(6)10/h4-5H,1-3H3. The van der Waals surface area contributed by atoms with Gasteiger partial charge >= 0.3 is 0 Å². The lowest BCUT2D eigenvalue weighted by Crippen LogP contribution is -2.12. The third-order valence-electron chi connectivity index (χ3n) is 1.65. The van der Waals surface area contributed by atoms with Crippen LogP contribution in [0.25, 0.3) is 0 Å². The first-order chi connectivity index (χ1) is 5.43. The van der Waals surface area contributed by atoms with Crippen molar-refractivity contribution in [3.63, 3.8) is 0 Å². The van der Waals surface area contributed by atoms with Gasteiger partial charge in [0.15, 0.2) is 0 Å². The summed E-state index contributed by atoms with van der Waals surface area (Å²) >= 11 is 11.8. The van der Waals surface area contributed by atoms with E-state index in [1.165, 1.54) is 0 Å². The molecule has 66 valence electrons. The maximum absolute atomic E-state index is 5.98. The smallest absolute Gasteiger partial charge is 0.147 e. The van der Waals surface area contributed by atoms with Gasteiger partial charge in [0.05, 0.1) is 5.02 Å². The zero-order valence-electron chi connectivity index (χ0n) is 7.36. The monoisotopic (exact) mass is 203 g/mol. The first-order valence-electron chi connectivity index (χ1n) is 3.73. The molecule has 12 heavy (non-hydrogen) atoms. The van der Waals surface area contributed by atoms with Crippen LogP contribution in [0.15, 0.2) is 12.3 Å². The third-order valence-corrected chi connectivity index (χ3v) is 2.42. The van der Waals surface area contributed by atoms with Gasteiger partial charge in [-0.2, -0.15) is 0 Å². The Morgan fingerprint density at radius 1 is 1.25 bits per heavy atom. The van der Waals surface area contributed by atoms with Crippen molar-refractivity contribution in [2.45, 2.75) is 26.2 Å². The van der Waals surface area contributed by atoms with E-state index in [1.807, 2.05) is 6.07 Å².